The minimum atomic E-state index is -1.14. The highest BCUT2D eigenvalue weighted by Gasteiger charge is 2.47. The second-order valence-electron chi connectivity index (χ2n) is 6.98. The Balaban J connectivity index is 1.80. The summed E-state index contributed by atoms with van der Waals surface area (Å²) in [7, 11) is 0. The van der Waals surface area contributed by atoms with Crippen LogP contribution in [-0.2, 0) is 20.7 Å². The number of nitrogens with one attached hydrogen (secondary N) is 2. The molecule has 3 N–H and O–H groups in total. The second kappa shape index (κ2) is 8.12. The van der Waals surface area contributed by atoms with Crippen molar-refractivity contribution in [3.05, 3.63) is 52.2 Å². The number of phenolic OH excluding ortho intramolecular Hbond substituents is 1. The molecular weight excluding hydrogens is 380 g/mol. The molecule has 3 rings (SSSR count). The van der Waals surface area contributed by atoms with Crippen molar-refractivity contribution in [2.45, 2.75) is 38.0 Å². The Hall–Kier alpha value is -2.71. The average Bonchev–Trinajstić information content (AvgIpc) is 3.28. The molecule has 8 heteroatoms. The van der Waals surface area contributed by atoms with Gasteiger partial charge in [-0.1, -0.05) is 12.1 Å². The number of hydrogen-bond acceptors (Lipinski definition) is 6. The Morgan fingerprint density at radius 3 is 2.61 bits per heavy atom. The van der Waals surface area contributed by atoms with Crippen molar-refractivity contribution < 1.29 is 24.2 Å². The summed E-state index contributed by atoms with van der Waals surface area (Å²) in [6, 6.07) is 7.18. The Morgan fingerprint density at radius 1 is 1.32 bits per heavy atom. The van der Waals surface area contributed by atoms with Crippen molar-refractivity contribution >= 4 is 28.9 Å². The zero-order valence-corrected chi connectivity index (χ0v) is 16.4. The Kier molecular flexibility index (Phi) is 5.81. The molecule has 0 saturated carbocycles. The van der Waals surface area contributed by atoms with Crippen molar-refractivity contribution in [3.63, 3.8) is 0 Å². The molecule has 0 spiro atoms. The zero-order valence-electron chi connectivity index (χ0n) is 15.6. The molecule has 1 fully saturated rings. The molecule has 2 aromatic rings. The van der Waals surface area contributed by atoms with Crippen LogP contribution in [0, 0.1) is 0 Å². The van der Waals surface area contributed by atoms with Gasteiger partial charge in [0.15, 0.2) is 5.78 Å². The van der Waals surface area contributed by atoms with Crippen LogP contribution < -0.4 is 10.6 Å². The number of rotatable bonds is 6. The smallest absolute Gasteiger partial charge is 0.252 e. The highest BCUT2D eigenvalue weighted by atomic mass is 32.1. The van der Waals surface area contributed by atoms with Crippen LogP contribution in [0.1, 0.15) is 29.8 Å². The maximum Gasteiger partial charge on any atom is 0.252 e. The molecular formula is C20H22N2O5S. The summed E-state index contributed by atoms with van der Waals surface area (Å²) < 4.78 is 5.35. The molecule has 1 saturated heterocycles. The molecule has 0 bridgehead atoms. The molecule has 148 valence electrons. The number of carbonyl (C=O) groups is 3. The Labute approximate surface area is 166 Å². The molecule has 1 aromatic carbocycles. The molecule has 0 radical (unpaired) electrons. The van der Waals surface area contributed by atoms with E-state index in [-0.39, 0.29) is 30.5 Å². The fraction of sp³-hybridized carbons (Fsp3) is 0.350. The van der Waals surface area contributed by atoms with Gasteiger partial charge in [-0.3, -0.25) is 14.4 Å². The second-order valence-corrected chi connectivity index (χ2v) is 7.76. The minimum Gasteiger partial charge on any atom is -0.508 e. The Morgan fingerprint density at radius 2 is 2.04 bits per heavy atom. The summed E-state index contributed by atoms with van der Waals surface area (Å²) in [5.41, 5.74) is 0.0846. The van der Waals surface area contributed by atoms with Gasteiger partial charge >= 0.3 is 0 Å². The number of Topliss-reactive ketones (excluding diaryl/α,β-unsaturated/α-hetero) is 1. The standard InChI is InChI=1S/C20H22N2O5S/c1-12-20(2,17(24)10-27-12)22-19(26)16(9-13-3-5-15(23)6-4-13)21-18(25)14-7-8-28-11-14/h3-8,11-12,16,23H,9-10H2,1-2H3,(H,21,25)(H,22,26)/t12-,16-,20-/m1/s1. The van der Waals surface area contributed by atoms with Crippen molar-refractivity contribution in [1.29, 1.82) is 0 Å². The van der Waals surface area contributed by atoms with Crippen molar-refractivity contribution in [2.24, 2.45) is 0 Å². The lowest BCUT2D eigenvalue weighted by molar-refractivity contribution is -0.130. The van der Waals surface area contributed by atoms with Gasteiger partial charge in [-0.2, -0.15) is 11.3 Å². The molecule has 1 aliphatic heterocycles. The number of amides is 2. The van der Waals surface area contributed by atoms with E-state index in [1.165, 1.54) is 23.5 Å². The van der Waals surface area contributed by atoms with Gasteiger partial charge in [-0.05, 0) is 43.0 Å². The largest absolute Gasteiger partial charge is 0.508 e. The van der Waals surface area contributed by atoms with Crippen molar-refractivity contribution in [1.82, 2.24) is 10.6 Å². The fourth-order valence-corrected chi connectivity index (χ4v) is 3.61. The van der Waals surface area contributed by atoms with Crippen LogP contribution in [0.15, 0.2) is 41.1 Å². The lowest BCUT2D eigenvalue weighted by atomic mass is 9.92. The van der Waals surface area contributed by atoms with Gasteiger partial charge in [-0.15, -0.1) is 0 Å². The van der Waals surface area contributed by atoms with E-state index < -0.39 is 23.6 Å². The highest BCUT2D eigenvalue weighted by molar-refractivity contribution is 7.08. The first kappa shape index (κ1) is 20.0. The van der Waals surface area contributed by atoms with Gasteiger partial charge in [0, 0.05) is 11.8 Å². The normalized spacial score (nSPS) is 22.6. The van der Waals surface area contributed by atoms with E-state index in [2.05, 4.69) is 10.6 Å². The van der Waals surface area contributed by atoms with Gasteiger partial charge in [0.25, 0.3) is 5.91 Å². The molecule has 1 aliphatic rings. The van der Waals surface area contributed by atoms with Crippen LogP contribution in [0.2, 0.25) is 0 Å². The number of carbonyl (C=O) groups excluding carboxylic acids is 3. The predicted octanol–water partition coefficient (Wildman–Crippen LogP) is 1.66. The number of benzene rings is 1. The van der Waals surface area contributed by atoms with Crippen LogP contribution in [0.25, 0.3) is 0 Å². The van der Waals surface area contributed by atoms with E-state index in [1.807, 2.05) is 0 Å². The average molecular weight is 402 g/mol. The van der Waals surface area contributed by atoms with Gasteiger partial charge in [0.2, 0.25) is 5.91 Å². The summed E-state index contributed by atoms with van der Waals surface area (Å²) in [4.78, 5) is 37.7. The number of thiophene rings is 1. The fourth-order valence-electron chi connectivity index (χ4n) is 2.97. The van der Waals surface area contributed by atoms with Crippen molar-refractivity contribution in [2.75, 3.05) is 6.61 Å². The van der Waals surface area contributed by atoms with E-state index in [1.54, 1.807) is 42.8 Å². The third-order valence-electron chi connectivity index (χ3n) is 5.02. The van der Waals surface area contributed by atoms with Crippen LogP contribution in [-0.4, -0.2) is 47.0 Å². The summed E-state index contributed by atoms with van der Waals surface area (Å²) in [5.74, 6) is -0.930. The molecule has 1 aromatic heterocycles. The molecule has 2 amide bonds. The van der Waals surface area contributed by atoms with Gasteiger partial charge in [0.1, 0.15) is 23.9 Å². The molecule has 0 unspecified atom stereocenters. The van der Waals surface area contributed by atoms with Gasteiger partial charge in [-0.25, -0.2) is 0 Å². The number of ketones is 1. The first-order chi connectivity index (χ1) is 13.3. The monoisotopic (exact) mass is 402 g/mol. The Bertz CT molecular complexity index is 865. The lowest BCUT2D eigenvalue weighted by Crippen LogP contribution is -2.60. The topological polar surface area (TPSA) is 105 Å². The number of phenols is 1. The van der Waals surface area contributed by atoms with Crippen LogP contribution in [0.5, 0.6) is 5.75 Å². The number of aromatic hydroxyl groups is 1. The third-order valence-corrected chi connectivity index (χ3v) is 5.70. The first-order valence-corrected chi connectivity index (χ1v) is 9.82. The molecule has 28 heavy (non-hydrogen) atoms. The summed E-state index contributed by atoms with van der Waals surface area (Å²) in [6.07, 6.45) is -0.257. The number of ether oxygens (including phenoxy) is 1. The van der Waals surface area contributed by atoms with Gasteiger partial charge in [0.05, 0.1) is 11.7 Å². The number of hydrogen-bond donors (Lipinski definition) is 3. The highest BCUT2D eigenvalue weighted by Crippen LogP contribution is 2.22. The first-order valence-electron chi connectivity index (χ1n) is 8.87. The van der Waals surface area contributed by atoms with Crippen molar-refractivity contribution in [3.8, 4) is 5.75 Å². The minimum absolute atomic E-state index is 0.0537. The SMILES string of the molecule is C[C@H]1OCC(=O)[C@]1(C)NC(=O)[C@@H](Cc1ccc(O)cc1)NC(=O)c1ccsc1. The van der Waals surface area contributed by atoms with Crippen LogP contribution >= 0.6 is 11.3 Å². The predicted molar refractivity (Wildman–Crippen MR) is 104 cm³/mol. The van der Waals surface area contributed by atoms with E-state index in [0.29, 0.717) is 5.56 Å². The summed E-state index contributed by atoms with van der Waals surface area (Å²) in [5, 5.41) is 18.4. The van der Waals surface area contributed by atoms with Crippen LogP contribution in [0.3, 0.4) is 0 Å². The zero-order chi connectivity index (χ0) is 20.3. The maximum absolute atomic E-state index is 13.0. The summed E-state index contributed by atoms with van der Waals surface area (Å²) >= 11 is 1.38. The maximum atomic E-state index is 13.0. The summed E-state index contributed by atoms with van der Waals surface area (Å²) in [6.45, 7) is 3.30. The van der Waals surface area contributed by atoms with Gasteiger partial charge < -0.3 is 20.5 Å². The van der Waals surface area contributed by atoms with E-state index in [4.69, 9.17) is 4.74 Å². The molecule has 2 heterocycles. The quantitative estimate of drug-likeness (QED) is 0.682. The lowest BCUT2D eigenvalue weighted by Gasteiger charge is -2.29. The molecule has 7 nitrogen and oxygen atoms in total. The van der Waals surface area contributed by atoms with E-state index >= 15 is 0 Å². The van der Waals surface area contributed by atoms with E-state index in [0.717, 1.165) is 5.56 Å². The molecule has 0 aliphatic carbocycles. The van der Waals surface area contributed by atoms with Crippen LogP contribution in [0.4, 0.5) is 0 Å². The van der Waals surface area contributed by atoms with E-state index in [9.17, 15) is 19.5 Å². The molecule has 3 atom stereocenters. The third kappa shape index (κ3) is 4.23.